The Kier molecular flexibility index (Phi) is 2.67. The summed E-state index contributed by atoms with van der Waals surface area (Å²) in [5.74, 6) is 0. The van der Waals surface area contributed by atoms with Gasteiger partial charge in [0.15, 0.2) is 0 Å². The van der Waals surface area contributed by atoms with Crippen molar-refractivity contribution in [2.24, 2.45) is 0 Å². The molecule has 14 heavy (non-hydrogen) atoms. The summed E-state index contributed by atoms with van der Waals surface area (Å²) in [6.45, 7) is 0. The molecule has 1 aromatic rings. The Balaban J connectivity index is 2.30. The van der Waals surface area contributed by atoms with Crippen LogP contribution in [0.25, 0.3) is 0 Å². The van der Waals surface area contributed by atoms with Crippen LogP contribution in [0.5, 0.6) is 0 Å². The van der Waals surface area contributed by atoms with Gasteiger partial charge in [0.25, 0.3) is 0 Å². The first kappa shape index (κ1) is 10.2. The number of halogens is 2. The molecule has 0 N–H and O–H groups in total. The second-order valence-electron chi connectivity index (χ2n) is 3.70. The predicted octanol–water partition coefficient (Wildman–Crippen LogP) is 3.33. The Morgan fingerprint density at radius 2 is 1.93 bits per heavy atom. The number of hydrogen-bond acceptors (Lipinski definition) is 1. The van der Waals surface area contributed by atoms with Gasteiger partial charge in [0.05, 0.1) is 4.83 Å². The van der Waals surface area contributed by atoms with E-state index in [1.54, 1.807) is 0 Å². The number of alkyl halides is 1. The average molecular weight is 274 g/mol. The molecule has 0 bridgehead atoms. The molecule has 74 valence electrons. The third-order valence-corrected chi connectivity index (χ3v) is 4.20. The van der Waals surface area contributed by atoms with Crippen LogP contribution in [0.1, 0.15) is 18.4 Å². The summed E-state index contributed by atoms with van der Waals surface area (Å²) in [6, 6.07) is 7.77. The molecule has 1 unspecified atom stereocenters. The van der Waals surface area contributed by atoms with Crippen molar-refractivity contribution < 1.29 is 4.79 Å². The minimum absolute atomic E-state index is 0.0341. The van der Waals surface area contributed by atoms with Gasteiger partial charge in [0, 0.05) is 10.4 Å². The summed E-state index contributed by atoms with van der Waals surface area (Å²) in [7, 11) is 0. The Hall–Kier alpha value is -0.340. The van der Waals surface area contributed by atoms with Gasteiger partial charge in [-0.2, -0.15) is 0 Å². The highest BCUT2D eigenvalue weighted by Crippen LogP contribution is 2.52. The van der Waals surface area contributed by atoms with E-state index in [0.717, 1.165) is 24.2 Å². The molecular formula is C11H10BrClO. The molecule has 0 radical (unpaired) electrons. The van der Waals surface area contributed by atoms with Gasteiger partial charge in [-0.1, -0.05) is 39.7 Å². The van der Waals surface area contributed by atoms with Crippen molar-refractivity contribution in [1.82, 2.24) is 0 Å². The SMILES string of the molecule is O=CC(Br)C1(c2ccc(Cl)cc2)CC1. The average Bonchev–Trinajstić information content (AvgIpc) is 2.99. The molecule has 1 atom stereocenters. The van der Waals surface area contributed by atoms with E-state index in [0.29, 0.717) is 0 Å². The summed E-state index contributed by atoms with van der Waals surface area (Å²) in [6.07, 6.45) is 3.12. The molecule has 1 saturated carbocycles. The van der Waals surface area contributed by atoms with Crippen LogP contribution < -0.4 is 0 Å². The standard InChI is InChI=1S/C11H10BrClO/c12-10(7-14)11(5-6-11)8-1-3-9(13)4-2-8/h1-4,7,10H,5-6H2. The van der Waals surface area contributed by atoms with Crippen LogP contribution in [0.2, 0.25) is 5.02 Å². The van der Waals surface area contributed by atoms with Crippen molar-refractivity contribution in [1.29, 1.82) is 0 Å². The van der Waals surface area contributed by atoms with Crippen molar-refractivity contribution in [2.75, 3.05) is 0 Å². The molecule has 1 aliphatic carbocycles. The first-order chi connectivity index (χ1) is 6.69. The van der Waals surface area contributed by atoms with E-state index in [-0.39, 0.29) is 10.2 Å². The lowest BCUT2D eigenvalue weighted by molar-refractivity contribution is -0.107. The normalized spacial score (nSPS) is 20.1. The Morgan fingerprint density at radius 3 is 2.36 bits per heavy atom. The van der Waals surface area contributed by atoms with E-state index < -0.39 is 0 Å². The number of carbonyl (C=O) groups is 1. The van der Waals surface area contributed by atoms with Crippen LogP contribution in [0.3, 0.4) is 0 Å². The molecule has 0 spiro atoms. The van der Waals surface area contributed by atoms with Gasteiger partial charge in [0.1, 0.15) is 6.29 Å². The molecule has 3 heteroatoms. The van der Waals surface area contributed by atoms with Crippen molar-refractivity contribution >= 4 is 33.8 Å². The van der Waals surface area contributed by atoms with Crippen molar-refractivity contribution in [3.63, 3.8) is 0 Å². The zero-order chi connectivity index (χ0) is 10.2. The highest BCUT2D eigenvalue weighted by atomic mass is 79.9. The van der Waals surface area contributed by atoms with Crippen molar-refractivity contribution in [3.05, 3.63) is 34.9 Å². The number of benzene rings is 1. The zero-order valence-corrected chi connectivity index (χ0v) is 9.88. The van der Waals surface area contributed by atoms with E-state index in [1.165, 1.54) is 5.56 Å². The fourth-order valence-electron chi connectivity index (χ4n) is 1.77. The molecule has 0 amide bonds. The van der Waals surface area contributed by atoms with Gasteiger partial charge < -0.3 is 4.79 Å². The number of carbonyl (C=O) groups excluding carboxylic acids is 1. The quantitative estimate of drug-likeness (QED) is 0.610. The maximum absolute atomic E-state index is 10.8. The Morgan fingerprint density at radius 1 is 1.36 bits per heavy atom. The van der Waals surface area contributed by atoms with E-state index in [1.807, 2.05) is 24.3 Å². The summed E-state index contributed by atoms with van der Waals surface area (Å²) in [5, 5.41) is 0.738. The van der Waals surface area contributed by atoms with E-state index in [4.69, 9.17) is 11.6 Å². The van der Waals surface area contributed by atoms with Crippen LogP contribution in [-0.2, 0) is 10.2 Å². The molecule has 1 fully saturated rings. The molecule has 1 aromatic carbocycles. The van der Waals surface area contributed by atoms with Crippen LogP contribution in [0.4, 0.5) is 0 Å². The van der Waals surface area contributed by atoms with Crippen LogP contribution >= 0.6 is 27.5 Å². The lowest BCUT2D eigenvalue weighted by atomic mass is 9.93. The van der Waals surface area contributed by atoms with Gasteiger partial charge in [0.2, 0.25) is 0 Å². The van der Waals surface area contributed by atoms with Gasteiger partial charge >= 0.3 is 0 Å². The van der Waals surface area contributed by atoms with Crippen LogP contribution in [0, 0.1) is 0 Å². The number of aldehydes is 1. The molecule has 0 saturated heterocycles. The summed E-state index contributed by atoms with van der Waals surface area (Å²) in [5.41, 5.74) is 1.24. The minimum Gasteiger partial charge on any atom is -0.302 e. The number of hydrogen-bond donors (Lipinski definition) is 0. The summed E-state index contributed by atoms with van der Waals surface area (Å²) >= 11 is 9.23. The molecule has 0 aromatic heterocycles. The monoisotopic (exact) mass is 272 g/mol. The molecular weight excluding hydrogens is 263 g/mol. The lowest BCUT2D eigenvalue weighted by Crippen LogP contribution is -2.21. The summed E-state index contributed by atoms with van der Waals surface area (Å²) < 4.78 is 0. The largest absolute Gasteiger partial charge is 0.302 e. The van der Waals surface area contributed by atoms with Crippen molar-refractivity contribution in [3.8, 4) is 0 Å². The first-order valence-corrected chi connectivity index (χ1v) is 5.84. The van der Waals surface area contributed by atoms with Gasteiger partial charge in [-0.05, 0) is 30.5 Å². The topological polar surface area (TPSA) is 17.1 Å². The van der Waals surface area contributed by atoms with Gasteiger partial charge in [-0.15, -0.1) is 0 Å². The second kappa shape index (κ2) is 3.67. The van der Waals surface area contributed by atoms with E-state index in [2.05, 4.69) is 15.9 Å². The van der Waals surface area contributed by atoms with Crippen LogP contribution in [-0.4, -0.2) is 11.1 Å². The molecule has 0 aliphatic heterocycles. The highest BCUT2D eigenvalue weighted by molar-refractivity contribution is 9.10. The third-order valence-electron chi connectivity index (χ3n) is 2.86. The fourth-order valence-corrected chi connectivity index (χ4v) is 2.62. The van der Waals surface area contributed by atoms with E-state index >= 15 is 0 Å². The second-order valence-corrected chi connectivity index (χ2v) is 5.12. The fraction of sp³-hybridized carbons (Fsp3) is 0.364. The van der Waals surface area contributed by atoms with Gasteiger partial charge in [-0.3, -0.25) is 0 Å². The highest BCUT2D eigenvalue weighted by Gasteiger charge is 2.49. The molecule has 0 heterocycles. The minimum atomic E-state index is -0.0730. The van der Waals surface area contributed by atoms with E-state index in [9.17, 15) is 4.79 Å². The Labute approximate surface area is 96.6 Å². The zero-order valence-electron chi connectivity index (χ0n) is 7.54. The van der Waals surface area contributed by atoms with Crippen LogP contribution in [0.15, 0.2) is 24.3 Å². The maximum atomic E-state index is 10.8. The molecule has 1 nitrogen and oxygen atoms in total. The molecule has 2 rings (SSSR count). The number of rotatable bonds is 3. The lowest BCUT2D eigenvalue weighted by Gasteiger charge is -2.17. The van der Waals surface area contributed by atoms with Crippen molar-refractivity contribution in [2.45, 2.75) is 23.1 Å². The maximum Gasteiger partial charge on any atom is 0.134 e. The molecule has 1 aliphatic rings. The predicted molar refractivity (Wildman–Crippen MR) is 61.1 cm³/mol. The Bertz CT molecular complexity index is 343. The summed E-state index contributed by atoms with van der Waals surface area (Å²) in [4.78, 5) is 10.7. The smallest absolute Gasteiger partial charge is 0.134 e. The van der Waals surface area contributed by atoms with Gasteiger partial charge in [-0.25, -0.2) is 0 Å². The third kappa shape index (κ3) is 1.61. The first-order valence-electron chi connectivity index (χ1n) is 4.54.